The lowest BCUT2D eigenvalue weighted by molar-refractivity contribution is -0.130. The summed E-state index contributed by atoms with van der Waals surface area (Å²) in [5.74, 6) is -0.224. The molecule has 2 amide bonds. The molecule has 0 radical (unpaired) electrons. The molecular weight excluding hydrogens is 508 g/mol. The fourth-order valence-corrected chi connectivity index (χ4v) is 5.33. The number of nitrogens with one attached hydrogen (secondary N) is 2. The van der Waals surface area contributed by atoms with Gasteiger partial charge in [0.05, 0.1) is 11.5 Å². The second-order valence-corrected chi connectivity index (χ2v) is 10.4. The van der Waals surface area contributed by atoms with Crippen LogP contribution in [0.4, 0.5) is 0 Å². The molecule has 0 saturated carbocycles. The summed E-state index contributed by atoms with van der Waals surface area (Å²) in [6.45, 7) is 2.68. The summed E-state index contributed by atoms with van der Waals surface area (Å²) in [6.07, 6.45) is 4.48. The van der Waals surface area contributed by atoms with E-state index in [2.05, 4.69) is 10.6 Å². The molecule has 2 aliphatic rings. The summed E-state index contributed by atoms with van der Waals surface area (Å²) in [7, 11) is 0. The van der Waals surface area contributed by atoms with Gasteiger partial charge >= 0.3 is 5.63 Å². The predicted octanol–water partition coefficient (Wildman–Crippen LogP) is 3.65. The molecule has 0 unspecified atom stereocenters. The quantitative estimate of drug-likeness (QED) is 0.403. The molecule has 2 atom stereocenters. The van der Waals surface area contributed by atoms with Crippen LogP contribution in [0.1, 0.15) is 41.5 Å². The van der Waals surface area contributed by atoms with Crippen molar-refractivity contribution in [1.29, 1.82) is 0 Å². The number of carbonyl (C=O) groups excluding carboxylic acids is 2. The Balaban J connectivity index is 1.30. The zero-order chi connectivity index (χ0) is 26.6. The minimum Gasteiger partial charge on any atom is -0.483 e. The normalized spacial score (nSPS) is 17.3. The predicted molar refractivity (Wildman–Crippen MR) is 144 cm³/mol. The van der Waals surface area contributed by atoms with Gasteiger partial charge in [0, 0.05) is 30.2 Å². The summed E-state index contributed by atoms with van der Waals surface area (Å²) in [5.41, 5.74) is 3.48. The van der Waals surface area contributed by atoms with E-state index in [0.29, 0.717) is 47.9 Å². The highest BCUT2D eigenvalue weighted by atomic mass is 35.5. The zero-order valence-corrected chi connectivity index (χ0v) is 22.1. The van der Waals surface area contributed by atoms with Crippen LogP contribution < -0.4 is 21.0 Å². The number of hydrogen-bond donors (Lipinski definition) is 2. The molecule has 1 saturated heterocycles. The highest BCUT2D eigenvalue weighted by molar-refractivity contribution is 6.30. The van der Waals surface area contributed by atoms with Gasteiger partial charge in [0.2, 0.25) is 5.91 Å². The van der Waals surface area contributed by atoms with Crippen molar-refractivity contribution in [2.24, 2.45) is 0 Å². The lowest BCUT2D eigenvalue weighted by atomic mass is 10.0. The van der Waals surface area contributed by atoms with Gasteiger partial charge in [-0.1, -0.05) is 23.7 Å². The van der Waals surface area contributed by atoms with Crippen LogP contribution in [0.25, 0.3) is 11.0 Å². The Labute approximate surface area is 225 Å². The molecule has 2 N–H and O–H groups in total. The van der Waals surface area contributed by atoms with E-state index < -0.39 is 11.9 Å². The fourth-order valence-electron chi connectivity index (χ4n) is 5.21. The molecule has 200 valence electrons. The Kier molecular flexibility index (Phi) is 8.00. The van der Waals surface area contributed by atoms with Gasteiger partial charge < -0.3 is 24.5 Å². The summed E-state index contributed by atoms with van der Waals surface area (Å²) >= 11 is 6.01. The van der Waals surface area contributed by atoms with Crippen molar-refractivity contribution < 1.29 is 23.5 Å². The second kappa shape index (κ2) is 11.6. The highest BCUT2D eigenvalue weighted by Gasteiger charge is 2.25. The van der Waals surface area contributed by atoms with Crippen molar-refractivity contribution in [3.8, 4) is 5.75 Å². The number of aryl methyl sites for hydroxylation is 2. The minimum absolute atomic E-state index is 0.00875. The number of ether oxygens (including phenoxy) is 2. The van der Waals surface area contributed by atoms with E-state index in [1.54, 1.807) is 12.1 Å². The molecule has 0 bridgehead atoms. The van der Waals surface area contributed by atoms with Gasteiger partial charge in [-0.25, -0.2) is 4.79 Å². The van der Waals surface area contributed by atoms with Crippen molar-refractivity contribution in [2.75, 3.05) is 19.8 Å². The number of fused-ring (bicyclic) bond motifs is 3. The summed E-state index contributed by atoms with van der Waals surface area (Å²) in [6, 6.07) is 10.0. The van der Waals surface area contributed by atoms with Crippen LogP contribution in [-0.4, -0.2) is 43.7 Å². The average molecular weight is 539 g/mol. The molecule has 2 heterocycles. The summed E-state index contributed by atoms with van der Waals surface area (Å²) in [4.78, 5) is 38.5. The molecule has 5 rings (SSSR count). The Morgan fingerprint density at radius 3 is 2.68 bits per heavy atom. The molecule has 1 fully saturated rings. The van der Waals surface area contributed by atoms with Crippen LogP contribution in [0.3, 0.4) is 0 Å². The van der Waals surface area contributed by atoms with Crippen LogP contribution in [0.2, 0.25) is 5.02 Å². The molecule has 3 aromatic rings. The molecule has 2 aromatic carbocycles. The lowest BCUT2D eigenvalue weighted by Crippen LogP contribution is -2.50. The minimum atomic E-state index is -0.801. The van der Waals surface area contributed by atoms with Crippen LogP contribution in [-0.2, 0) is 33.6 Å². The Bertz CT molecular complexity index is 1390. The number of benzene rings is 2. The lowest BCUT2D eigenvalue weighted by Gasteiger charge is -2.20. The second-order valence-electron chi connectivity index (χ2n) is 9.96. The van der Waals surface area contributed by atoms with E-state index in [4.69, 9.17) is 25.5 Å². The highest BCUT2D eigenvalue weighted by Crippen LogP contribution is 2.35. The monoisotopic (exact) mass is 538 g/mol. The third-order valence-corrected chi connectivity index (χ3v) is 7.32. The number of amides is 2. The number of carbonyl (C=O) groups is 2. The molecule has 1 aromatic heterocycles. The summed E-state index contributed by atoms with van der Waals surface area (Å²) in [5, 5.41) is 7.07. The maximum atomic E-state index is 13.1. The average Bonchev–Trinajstić information content (AvgIpc) is 3.59. The van der Waals surface area contributed by atoms with Gasteiger partial charge in [-0.15, -0.1) is 0 Å². The van der Waals surface area contributed by atoms with Crippen LogP contribution >= 0.6 is 11.6 Å². The first kappa shape index (κ1) is 26.3. The first-order valence-electron chi connectivity index (χ1n) is 13.0. The van der Waals surface area contributed by atoms with Crippen LogP contribution in [0.5, 0.6) is 5.75 Å². The van der Waals surface area contributed by atoms with E-state index in [1.807, 2.05) is 31.2 Å². The van der Waals surface area contributed by atoms with Gasteiger partial charge in [0.15, 0.2) is 6.61 Å². The molecule has 1 aliphatic heterocycles. The van der Waals surface area contributed by atoms with Gasteiger partial charge in [-0.05, 0) is 80.0 Å². The van der Waals surface area contributed by atoms with Gasteiger partial charge in [-0.2, -0.15) is 0 Å². The molecule has 9 heteroatoms. The number of hydrogen-bond acceptors (Lipinski definition) is 6. The van der Waals surface area contributed by atoms with E-state index in [1.165, 1.54) is 0 Å². The van der Waals surface area contributed by atoms with E-state index in [9.17, 15) is 14.4 Å². The van der Waals surface area contributed by atoms with Gasteiger partial charge in [0.1, 0.15) is 17.4 Å². The SMILES string of the molecule is Cc1cc(OCC(=O)N[C@H](Cc2ccc(Cl)cc2)C(=O)NC[C@@H]2CCCO2)c2c3c(c(=O)oc2c1)CCC3. The molecular formula is C29H31ClN2O6. The van der Waals surface area contributed by atoms with E-state index in [0.717, 1.165) is 47.8 Å². The van der Waals surface area contributed by atoms with Crippen molar-refractivity contribution in [3.05, 3.63) is 74.1 Å². The zero-order valence-electron chi connectivity index (χ0n) is 21.3. The number of halogens is 1. The van der Waals surface area contributed by atoms with Crippen LogP contribution in [0.15, 0.2) is 45.6 Å². The molecule has 0 spiro atoms. The van der Waals surface area contributed by atoms with Crippen molar-refractivity contribution in [2.45, 2.75) is 57.6 Å². The maximum Gasteiger partial charge on any atom is 0.339 e. The third kappa shape index (κ3) is 6.03. The van der Waals surface area contributed by atoms with E-state index in [-0.39, 0.29) is 24.2 Å². The van der Waals surface area contributed by atoms with Crippen molar-refractivity contribution >= 4 is 34.4 Å². The molecule has 38 heavy (non-hydrogen) atoms. The number of rotatable bonds is 9. The summed E-state index contributed by atoms with van der Waals surface area (Å²) < 4.78 is 17.1. The van der Waals surface area contributed by atoms with Gasteiger partial charge in [-0.3, -0.25) is 9.59 Å². The first-order chi connectivity index (χ1) is 18.4. The van der Waals surface area contributed by atoms with Gasteiger partial charge in [0.25, 0.3) is 5.91 Å². The Hall–Kier alpha value is -3.36. The largest absolute Gasteiger partial charge is 0.483 e. The van der Waals surface area contributed by atoms with Crippen molar-refractivity contribution in [1.82, 2.24) is 10.6 Å². The third-order valence-electron chi connectivity index (χ3n) is 7.07. The topological polar surface area (TPSA) is 107 Å². The molecule has 8 nitrogen and oxygen atoms in total. The van der Waals surface area contributed by atoms with Crippen molar-refractivity contribution in [3.63, 3.8) is 0 Å². The Morgan fingerprint density at radius 2 is 1.92 bits per heavy atom. The molecule has 1 aliphatic carbocycles. The smallest absolute Gasteiger partial charge is 0.339 e. The fraction of sp³-hybridized carbons (Fsp3) is 0.414. The Morgan fingerprint density at radius 1 is 1.13 bits per heavy atom. The van der Waals surface area contributed by atoms with E-state index >= 15 is 0 Å². The van der Waals surface area contributed by atoms with Crippen LogP contribution in [0, 0.1) is 6.92 Å². The first-order valence-corrected chi connectivity index (χ1v) is 13.4. The maximum absolute atomic E-state index is 13.1. The standard InChI is InChI=1S/C29H31ClN2O6/c1-17-12-24(27-21-5-2-6-22(21)29(35)38-25(27)13-17)37-16-26(33)32-23(14-18-7-9-19(30)10-8-18)28(34)31-15-20-4-3-11-36-20/h7-10,12-13,20,23H,2-6,11,14-16H2,1H3,(H,31,34)(H,32,33)/t20-,23+/m0/s1.